The molecular formula is C23H32N2O4. The van der Waals surface area contributed by atoms with Gasteiger partial charge in [-0.15, -0.1) is 0 Å². The number of fused-ring (bicyclic) bond motifs is 1. The topological polar surface area (TPSA) is 67.9 Å². The van der Waals surface area contributed by atoms with Gasteiger partial charge in [0.1, 0.15) is 0 Å². The molecular weight excluding hydrogens is 368 g/mol. The highest BCUT2D eigenvalue weighted by Crippen LogP contribution is 2.38. The van der Waals surface area contributed by atoms with Gasteiger partial charge in [-0.25, -0.2) is 0 Å². The number of methoxy groups -OCH3 is 2. The molecule has 0 saturated carbocycles. The van der Waals surface area contributed by atoms with E-state index in [-0.39, 0.29) is 29.6 Å². The van der Waals surface area contributed by atoms with Crippen LogP contribution in [-0.2, 0) is 16.1 Å². The van der Waals surface area contributed by atoms with Gasteiger partial charge in [0.25, 0.3) is 0 Å². The van der Waals surface area contributed by atoms with Gasteiger partial charge >= 0.3 is 0 Å². The van der Waals surface area contributed by atoms with Crippen LogP contribution in [0.2, 0.25) is 0 Å². The Labute approximate surface area is 173 Å². The van der Waals surface area contributed by atoms with Gasteiger partial charge in [0, 0.05) is 19.6 Å². The summed E-state index contributed by atoms with van der Waals surface area (Å²) in [6.07, 6.45) is 7.72. The Kier molecular flexibility index (Phi) is 7.18. The van der Waals surface area contributed by atoms with Crippen LogP contribution in [0, 0.1) is 17.8 Å². The summed E-state index contributed by atoms with van der Waals surface area (Å²) in [5.74, 6) is 1.02. The van der Waals surface area contributed by atoms with Crippen LogP contribution in [0.3, 0.4) is 0 Å². The summed E-state index contributed by atoms with van der Waals surface area (Å²) < 4.78 is 10.7. The van der Waals surface area contributed by atoms with Crippen molar-refractivity contribution in [3.8, 4) is 11.5 Å². The predicted octanol–water partition coefficient (Wildman–Crippen LogP) is 3.16. The number of unbranched alkanes of at least 4 members (excludes halogenated alkanes) is 1. The molecule has 0 aromatic heterocycles. The molecule has 1 heterocycles. The van der Waals surface area contributed by atoms with E-state index >= 15 is 0 Å². The molecule has 1 aromatic carbocycles. The van der Waals surface area contributed by atoms with Crippen molar-refractivity contribution in [2.24, 2.45) is 17.8 Å². The van der Waals surface area contributed by atoms with Gasteiger partial charge in [-0.05, 0) is 42.9 Å². The molecule has 1 aliphatic heterocycles. The number of amides is 2. The van der Waals surface area contributed by atoms with Gasteiger partial charge in [-0.3, -0.25) is 9.59 Å². The lowest BCUT2D eigenvalue weighted by Gasteiger charge is -2.41. The van der Waals surface area contributed by atoms with Gasteiger partial charge in [-0.2, -0.15) is 0 Å². The minimum atomic E-state index is -0.275. The minimum Gasteiger partial charge on any atom is -0.493 e. The fraction of sp³-hybridized carbons (Fsp3) is 0.565. The Morgan fingerprint density at radius 3 is 2.76 bits per heavy atom. The molecule has 1 aliphatic carbocycles. The summed E-state index contributed by atoms with van der Waals surface area (Å²) in [7, 11) is 3.21. The number of carbonyl (C=O) groups excluding carboxylic acids is 2. The van der Waals surface area contributed by atoms with E-state index in [4.69, 9.17) is 9.47 Å². The zero-order valence-electron chi connectivity index (χ0n) is 17.6. The van der Waals surface area contributed by atoms with Crippen LogP contribution in [0.25, 0.3) is 0 Å². The fourth-order valence-corrected chi connectivity index (χ4v) is 4.37. The first-order valence-corrected chi connectivity index (χ1v) is 10.5. The van der Waals surface area contributed by atoms with Crippen molar-refractivity contribution in [2.45, 2.75) is 39.2 Å². The third kappa shape index (κ3) is 4.74. The smallest absolute Gasteiger partial charge is 0.227 e. The molecule has 0 bridgehead atoms. The monoisotopic (exact) mass is 400 g/mol. The first kappa shape index (κ1) is 21.2. The number of benzene rings is 1. The van der Waals surface area contributed by atoms with Crippen molar-refractivity contribution < 1.29 is 19.1 Å². The fourth-order valence-electron chi connectivity index (χ4n) is 4.37. The molecule has 3 rings (SSSR count). The summed E-state index contributed by atoms with van der Waals surface area (Å²) in [6, 6.07) is 5.73. The molecule has 2 amide bonds. The van der Waals surface area contributed by atoms with Crippen molar-refractivity contribution >= 4 is 11.8 Å². The maximum atomic E-state index is 13.3. The highest BCUT2D eigenvalue weighted by molar-refractivity contribution is 5.89. The van der Waals surface area contributed by atoms with Crippen LogP contribution in [0.15, 0.2) is 30.4 Å². The second-order valence-electron chi connectivity index (χ2n) is 7.84. The largest absolute Gasteiger partial charge is 0.493 e. The SMILES string of the molecule is CCCCNC(=O)[C@@H]1CC=C[C@@H]2CCN(Cc3ccc(OC)c(OC)c3)C(=O)[C@@H]21. The lowest BCUT2D eigenvalue weighted by Crippen LogP contribution is -2.51. The van der Waals surface area contributed by atoms with Crippen LogP contribution < -0.4 is 14.8 Å². The van der Waals surface area contributed by atoms with Crippen LogP contribution in [0.1, 0.15) is 38.2 Å². The first-order chi connectivity index (χ1) is 14.1. The lowest BCUT2D eigenvalue weighted by atomic mass is 9.71. The molecule has 0 spiro atoms. The number of nitrogens with zero attached hydrogens (tertiary/aromatic N) is 1. The average Bonchev–Trinajstić information content (AvgIpc) is 2.75. The normalized spacial score (nSPS) is 23.5. The van der Waals surface area contributed by atoms with E-state index in [0.29, 0.717) is 37.6 Å². The van der Waals surface area contributed by atoms with E-state index in [1.54, 1.807) is 14.2 Å². The summed E-state index contributed by atoms with van der Waals surface area (Å²) in [6.45, 7) is 3.98. The summed E-state index contributed by atoms with van der Waals surface area (Å²) >= 11 is 0. The molecule has 0 unspecified atom stereocenters. The molecule has 29 heavy (non-hydrogen) atoms. The number of likely N-dealkylation sites (tertiary alicyclic amines) is 1. The molecule has 2 aliphatic rings. The second kappa shape index (κ2) is 9.81. The molecule has 1 saturated heterocycles. The van der Waals surface area contributed by atoms with E-state index in [9.17, 15) is 9.59 Å². The minimum absolute atomic E-state index is 0.0131. The van der Waals surface area contributed by atoms with Gasteiger partial charge in [0.15, 0.2) is 11.5 Å². The Morgan fingerprint density at radius 2 is 2.03 bits per heavy atom. The van der Waals surface area contributed by atoms with E-state index in [1.165, 1.54) is 0 Å². The van der Waals surface area contributed by atoms with E-state index < -0.39 is 0 Å². The Bertz CT molecular complexity index is 761. The Morgan fingerprint density at radius 1 is 1.24 bits per heavy atom. The van der Waals surface area contributed by atoms with Gasteiger partial charge in [0.2, 0.25) is 11.8 Å². The average molecular weight is 401 g/mol. The van der Waals surface area contributed by atoms with Crippen LogP contribution in [0.4, 0.5) is 0 Å². The highest BCUT2D eigenvalue weighted by Gasteiger charge is 2.44. The number of hydrogen-bond donors (Lipinski definition) is 1. The van der Waals surface area contributed by atoms with Crippen LogP contribution in [-0.4, -0.2) is 44.0 Å². The quantitative estimate of drug-likeness (QED) is 0.538. The lowest BCUT2D eigenvalue weighted by molar-refractivity contribution is -0.148. The summed E-state index contributed by atoms with van der Waals surface area (Å²) in [4.78, 5) is 28.0. The van der Waals surface area contributed by atoms with Crippen molar-refractivity contribution in [2.75, 3.05) is 27.3 Å². The summed E-state index contributed by atoms with van der Waals surface area (Å²) in [5.41, 5.74) is 0.991. The number of allylic oxidation sites excluding steroid dienone is 2. The maximum Gasteiger partial charge on any atom is 0.227 e. The molecule has 1 fully saturated rings. The number of carbonyl (C=O) groups is 2. The van der Waals surface area contributed by atoms with Gasteiger partial charge < -0.3 is 19.7 Å². The number of nitrogens with one attached hydrogen (secondary N) is 1. The van der Waals surface area contributed by atoms with Gasteiger partial charge in [-0.1, -0.05) is 31.6 Å². The number of ether oxygens (including phenoxy) is 2. The third-order valence-corrected chi connectivity index (χ3v) is 5.98. The zero-order chi connectivity index (χ0) is 20.8. The summed E-state index contributed by atoms with van der Waals surface area (Å²) in [5, 5.41) is 3.03. The van der Waals surface area contributed by atoms with Crippen LogP contribution >= 0.6 is 0 Å². The van der Waals surface area contributed by atoms with Crippen molar-refractivity contribution in [3.05, 3.63) is 35.9 Å². The molecule has 1 N–H and O–H groups in total. The third-order valence-electron chi connectivity index (χ3n) is 5.98. The molecule has 158 valence electrons. The van der Waals surface area contributed by atoms with E-state index in [2.05, 4.69) is 24.4 Å². The van der Waals surface area contributed by atoms with Crippen LogP contribution in [0.5, 0.6) is 11.5 Å². The van der Waals surface area contributed by atoms with Crippen molar-refractivity contribution in [1.29, 1.82) is 0 Å². The van der Waals surface area contributed by atoms with Gasteiger partial charge in [0.05, 0.1) is 26.1 Å². The number of rotatable bonds is 8. The standard InChI is InChI=1S/C23H32N2O4/c1-4-5-12-24-22(26)18-8-6-7-17-11-13-25(23(27)21(17)18)15-16-9-10-19(28-2)20(14-16)29-3/h6-7,9-10,14,17-18,21H,4-5,8,11-13,15H2,1-3H3,(H,24,26)/t17-,18-,21+/m1/s1. The van der Waals surface area contributed by atoms with Crippen molar-refractivity contribution in [3.63, 3.8) is 0 Å². The molecule has 0 radical (unpaired) electrons. The van der Waals surface area contributed by atoms with E-state index in [1.807, 2.05) is 23.1 Å². The van der Waals surface area contributed by atoms with E-state index in [0.717, 1.165) is 24.8 Å². The molecule has 6 nitrogen and oxygen atoms in total. The first-order valence-electron chi connectivity index (χ1n) is 10.5. The Hall–Kier alpha value is -2.50. The molecule has 1 aromatic rings. The second-order valence-corrected chi connectivity index (χ2v) is 7.84. The zero-order valence-corrected chi connectivity index (χ0v) is 17.6. The Balaban J connectivity index is 1.72. The van der Waals surface area contributed by atoms with Crippen molar-refractivity contribution in [1.82, 2.24) is 10.2 Å². The maximum absolute atomic E-state index is 13.3. The predicted molar refractivity (Wildman–Crippen MR) is 112 cm³/mol. The number of hydrogen-bond acceptors (Lipinski definition) is 4. The number of piperidine rings is 1. The highest BCUT2D eigenvalue weighted by atomic mass is 16.5. The molecule has 6 heteroatoms. The molecule has 3 atom stereocenters.